The number of allylic oxidation sites excluding steroid dienone is 1. The van der Waals surface area contributed by atoms with Crippen molar-refractivity contribution in [3.63, 3.8) is 0 Å². The van der Waals surface area contributed by atoms with Crippen LogP contribution in [0.5, 0.6) is 5.75 Å². The summed E-state index contributed by atoms with van der Waals surface area (Å²) in [4.78, 5) is 11.0. The van der Waals surface area contributed by atoms with Crippen molar-refractivity contribution in [1.82, 2.24) is 0 Å². The van der Waals surface area contributed by atoms with Gasteiger partial charge in [-0.1, -0.05) is 18.2 Å². The molecule has 0 bridgehead atoms. The standard InChI is InChI=1S/C15H14F4O3/c1-22-13-10(5-3-7-12(13)16)9-4-2-6-11(9)14(21,8-20)15(17,18)19/h3-5,7-8,11,21H,2,6H2,1H3. The molecule has 0 radical (unpaired) electrons. The van der Waals surface area contributed by atoms with Crippen molar-refractivity contribution < 1.29 is 32.2 Å². The first kappa shape index (κ1) is 16.5. The minimum Gasteiger partial charge on any atom is -0.493 e. The zero-order valence-corrected chi connectivity index (χ0v) is 11.7. The number of halogens is 4. The van der Waals surface area contributed by atoms with E-state index in [0.717, 1.165) is 6.07 Å². The fraction of sp³-hybridized carbons (Fsp3) is 0.400. The Bertz CT molecular complexity index is 609. The summed E-state index contributed by atoms with van der Waals surface area (Å²) < 4.78 is 57.9. The van der Waals surface area contributed by atoms with Crippen LogP contribution in [0.15, 0.2) is 24.3 Å². The molecule has 0 heterocycles. The molecule has 0 spiro atoms. The minimum atomic E-state index is -5.12. The van der Waals surface area contributed by atoms with Crippen molar-refractivity contribution in [3.05, 3.63) is 35.7 Å². The van der Waals surface area contributed by atoms with E-state index in [9.17, 15) is 27.5 Å². The van der Waals surface area contributed by atoms with Crippen LogP contribution in [0.3, 0.4) is 0 Å². The first-order valence-corrected chi connectivity index (χ1v) is 6.54. The van der Waals surface area contributed by atoms with Gasteiger partial charge in [-0.2, -0.15) is 13.2 Å². The fourth-order valence-electron chi connectivity index (χ4n) is 2.75. The highest BCUT2D eigenvalue weighted by molar-refractivity contribution is 5.79. The second kappa shape index (κ2) is 5.72. The normalized spacial score (nSPS) is 21.2. The summed E-state index contributed by atoms with van der Waals surface area (Å²) in [6.45, 7) is 0. The Morgan fingerprint density at radius 1 is 1.36 bits per heavy atom. The molecule has 1 aliphatic rings. The lowest BCUT2D eigenvalue weighted by atomic mass is 9.80. The van der Waals surface area contributed by atoms with Crippen LogP contribution in [-0.2, 0) is 4.79 Å². The molecule has 2 atom stereocenters. The highest BCUT2D eigenvalue weighted by Gasteiger charge is 2.60. The van der Waals surface area contributed by atoms with Crippen LogP contribution in [0.2, 0.25) is 0 Å². The lowest BCUT2D eigenvalue weighted by molar-refractivity contribution is -0.255. The monoisotopic (exact) mass is 318 g/mol. The zero-order valence-electron chi connectivity index (χ0n) is 11.7. The van der Waals surface area contributed by atoms with Crippen LogP contribution >= 0.6 is 0 Å². The topological polar surface area (TPSA) is 46.5 Å². The van der Waals surface area contributed by atoms with Crippen LogP contribution < -0.4 is 4.74 Å². The molecule has 1 aromatic rings. The Morgan fingerprint density at radius 3 is 2.59 bits per heavy atom. The number of methoxy groups -OCH3 is 1. The molecule has 0 amide bonds. The van der Waals surface area contributed by atoms with Gasteiger partial charge in [-0.05, 0) is 24.5 Å². The fourth-order valence-corrected chi connectivity index (χ4v) is 2.75. The molecule has 1 aliphatic carbocycles. The van der Waals surface area contributed by atoms with Crippen LogP contribution in [0.25, 0.3) is 5.57 Å². The predicted octanol–water partition coefficient (Wildman–Crippen LogP) is 3.12. The van der Waals surface area contributed by atoms with Gasteiger partial charge in [-0.3, -0.25) is 4.79 Å². The summed E-state index contributed by atoms with van der Waals surface area (Å²) in [6, 6.07) is 3.84. The summed E-state index contributed by atoms with van der Waals surface area (Å²) in [6.07, 6.45) is -3.98. The highest BCUT2D eigenvalue weighted by Crippen LogP contribution is 2.48. The summed E-state index contributed by atoms with van der Waals surface area (Å²) in [5.41, 5.74) is -3.34. The Hall–Kier alpha value is -1.89. The van der Waals surface area contributed by atoms with Crippen molar-refractivity contribution in [2.45, 2.75) is 24.6 Å². The number of benzene rings is 1. The number of carbonyl (C=O) groups is 1. The van der Waals surface area contributed by atoms with Crippen molar-refractivity contribution in [1.29, 1.82) is 0 Å². The summed E-state index contributed by atoms with van der Waals surface area (Å²) in [7, 11) is 1.20. The summed E-state index contributed by atoms with van der Waals surface area (Å²) >= 11 is 0. The third-order valence-corrected chi connectivity index (χ3v) is 3.84. The van der Waals surface area contributed by atoms with Gasteiger partial charge in [-0.15, -0.1) is 0 Å². The lowest BCUT2D eigenvalue weighted by Crippen LogP contribution is -2.52. The van der Waals surface area contributed by atoms with Gasteiger partial charge in [0.2, 0.25) is 5.60 Å². The lowest BCUT2D eigenvalue weighted by Gasteiger charge is -2.32. The van der Waals surface area contributed by atoms with E-state index in [1.807, 2.05) is 0 Å². The zero-order chi connectivity index (χ0) is 16.5. The van der Waals surface area contributed by atoms with Gasteiger partial charge >= 0.3 is 6.18 Å². The largest absolute Gasteiger partial charge is 0.493 e. The quantitative estimate of drug-likeness (QED) is 0.685. The smallest absolute Gasteiger partial charge is 0.424 e. The first-order chi connectivity index (χ1) is 10.3. The van der Waals surface area contributed by atoms with E-state index in [4.69, 9.17) is 4.74 Å². The van der Waals surface area contributed by atoms with Crippen molar-refractivity contribution in [2.24, 2.45) is 5.92 Å². The molecule has 22 heavy (non-hydrogen) atoms. The number of aldehydes is 1. The number of rotatable bonds is 4. The predicted molar refractivity (Wildman–Crippen MR) is 70.7 cm³/mol. The third kappa shape index (κ3) is 2.49. The third-order valence-electron chi connectivity index (χ3n) is 3.84. The number of carbonyl (C=O) groups excluding carboxylic acids is 1. The first-order valence-electron chi connectivity index (χ1n) is 6.54. The number of ether oxygens (including phenoxy) is 1. The molecule has 0 saturated heterocycles. The van der Waals surface area contributed by atoms with Gasteiger partial charge in [0.05, 0.1) is 7.11 Å². The molecular formula is C15H14F4O3. The molecule has 2 unspecified atom stereocenters. The molecule has 2 rings (SSSR count). The number of alkyl halides is 3. The molecule has 120 valence electrons. The maximum absolute atomic E-state index is 13.7. The number of para-hydroxylation sites is 1. The molecule has 0 aliphatic heterocycles. The maximum Gasteiger partial charge on any atom is 0.424 e. The summed E-state index contributed by atoms with van der Waals surface area (Å²) in [5.74, 6) is -2.44. The Balaban J connectivity index is 2.53. The van der Waals surface area contributed by atoms with Crippen LogP contribution in [-0.4, -0.2) is 30.3 Å². The number of hydrogen-bond donors (Lipinski definition) is 1. The Kier molecular flexibility index (Phi) is 4.28. The maximum atomic E-state index is 13.7. The van der Waals surface area contributed by atoms with Gasteiger partial charge in [-0.25, -0.2) is 4.39 Å². The SMILES string of the molecule is COc1c(F)cccc1C1=CCCC1C(O)(C=O)C(F)(F)F. The second-order valence-corrected chi connectivity index (χ2v) is 5.05. The van der Waals surface area contributed by atoms with Gasteiger partial charge in [0.25, 0.3) is 0 Å². The van der Waals surface area contributed by atoms with Crippen molar-refractivity contribution in [2.75, 3.05) is 7.11 Å². The van der Waals surface area contributed by atoms with Gasteiger partial charge in [0.15, 0.2) is 17.9 Å². The summed E-state index contributed by atoms with van der Waals surface area (Å²) in [5, 5.41) is 9.85. The second-order valence-electron chi connectivity index (χ2n) is 5.05. The molecule has 0 saturated carbocycles. The molecule has 1 N–H and O–H groups in total. The van der Waals surface area contributed by atoms with E-state index >= 15 is 0 Å². The van der Waals surface area contributed by atoms with E-state index < -0.39 is 29.8 Å². The Labute approximate surface area is 124 Å². The van der Waals surface area contributed by atoms with Crippen molar-refractivity contribution in [3.8, 4) is 5.75 Å². The van der Waals surface area contributed by atoms with Gasteiger partial charge < -0.3 is 9.84 Å². The average molecular weight is 318 g/mol. The minimum absolute atomic E-state index is 0.0586. The van der Waals surface area contributed by atoms with Crippen LogP contribution in [0.1, 0.15) is 18.4 Å². The number of hydrogen-bond acceptors (Lipinski definition) is 3. The molecule has 1 aromatic carbocycles. The molecular weight excluding hydrogens is 304 g/mol. The van der Waals surface area contributed by atoms with Crippen molar-refractivity contribution >= 4 is 11.9 Å². The van der Waals surface area contributed by atoms with E-state index in [1.165, 1.54) is 25.3 Å². The molecule has 3 nitrogen and oxygen atoms in total. The molecule has 7 heteroatoms. The van der Waals surface area contributed by atoms with Gasteiger partial charge in [0, 0.05) is 11.5 Å². The number of aliphatic hydroxyl groups is 1. The van der Waals surface area contributed by atoms with Crippen LogP contribution in [0, 0.1) is 11.7 Å². The van der Waals surface area contributed by atoms with Crippen LogP contribution in [0.4, 0.5) is 17.6 Å². The van der Waals surface area contributed by atoms with E-state index in [1.54, 1.807) is 0 Å². The van der Waals surface area contributed by atoms with E-state index in [2.05, 4.69) is 0 Å². The Morgan fingerprint density at radius 2 is 2.05 bits per heavy atom. The molecule has 0 fully saturated rings. The van der Waals surface area contributed by atoms with Gasteiger partial charge in [0.1, 0.15) is 0 Å². The molecule has 0 aromatic heterocycles. The highest BCUT2D eigenvalue weighted by atomic mass is 19.4. The van der Waals surface area contributed by atoms with E-state index in [0.29, 0.717) is 0 Å². The van der Waals surface area contributed by atoms with E-state index in [-0.39, 0.29) is 29.7 Å². The average Bonchev–Trinajstić information content (AvgIpc) is 2.94.